The van der Waals surface area contributed by atoms with Gasteiger partial charge in [0.1, 0.15) is 11.6 Å². The van der Waals surface area contributed by atoms with Crippen molar-refractivity contribution in [2.75, 3.05) is 13.2 Å². The van der Waals surface area contributed by atoms with Crippen molar-refractivity contribution in [1.29, 1.82) is 0 Å². The predicted octanol–water partition coefficient (Wildman–Crippen LogP) is 1.65. The van der Waals surface area contributed by atoms with Crippen molar-refractivity contribution in [2.24, 2.45) is 0 Å². The molecule has 1 aromatic rings. The Morgan fingerprint density at radius 2 is 2.27 bits per heavy atom. The first-order valence-corrected chi connectivity index (χ1v) is 4.79. The summed E-state index contributed by atoms with van der Waals surface area (Å²) in [6, 6.07) is 4.19. The Balaban J connectivity index is 2.54. The minimum absolute atomic E-state index is 0.0414. The summed E-state index contributed by atoms with van der Waals surface area (Å²) in [6.07, 6.45) is 0. The van der Waals surface area contributed by atoms with E-state index in [-0.39, 0.29) is 18.3 Å². The third-order valence-electron chi connectivity index (χ3n) is 1.87. The van der Waals surface area contributed by atoms with Crippen molar-refractivity contribution in [1.82, 2.24) is 5.32 Å². The number of halogens is 1. The van der Waals surface area contributed by atoms with Crippen molar-refractivity contribution in [3.05, 3.63) is 29.6 Å². The third-order valence-corrected chi connectivity index (χ3v) is 1.87. The van der Waals surface area contributed by atoms with Crippen LogP contribution in [-0.2, 0) is 4.79 Å². The van der Waals surface area contributed by atoms with Crippen LogP contribution in [0.2, 0.25) is 0 Å². The molecule has 0 aliphatic carbocycles. The van der Waals surface area contributed by atoms with E-state index in [9.17, 15) is 9.18 Å². The first-order valence-electron chi connectivity index (χ1n) is 4.79. The molecular weight excluding hydrogens is 197 g/mol. The summed E-state index contributed by atoms with van der Waals surface area (Å²) in [4.78, 5) is 11.1. The van der Waals surface area contributed by atoms with Crippen LogP contribution in [-0.4, -0.2) is 19.1 Å². The van der Waals surface area contributed by atoms with E-state index in [1.54, 1.807) is 6.92 Å². The molecule has 0 saturated carbocycles. The number of carbonyl (C=O) groups is 1. The zero-order valence-electron chi connectivity index (χ0n) is 8.84. The molecule has 0 radical (unpaired) electrons. The molecule has 0 fully saturated rings. The molecule has 0 heterocycles. The van der Waals surface area contributed by atoms with Gasteiger partial charge in [-0.2, -0.15) is 0 Å². The molecular formula is C11H14FNO2. The van der Waals surface area contributed by atoms with Gasteiger partial charge in [-0.25, -0.2) is 4.39 Å². The van der Waals surface area contributed by atoms with Crippen LogP contribution in [0.1, 0.15) is 12.5 Å². The molecule has 15 heavy (non-hydrogen) atoms. The molecule has 4 heteroatoms. The normalized spacial score (nSPS) is 9.80. The fourth-order valence-electron chi connectivity index (χ4n) is 1.17. The van der Waals surface area contributed by atoms with E-state index in [1.165, 1.54) is 18.2 Å². The molecule has 1 N–H and O–H groups in total. The Kier molecular flexibility index (Phi) is 4.09. The smallest absolute Gasteiger partial charge is 0.257 e. The van der Waals surface area contributed by atoms with Crippen molar-refractivity contribution in [3.63, 3.8) is 0 Å². The quantitative estimate of drug-likeness (QED) is 0.822. The second-order valence-corrected chi connectivity index (χ2v) is 3.15. The summed E-state index contributed by atoms with van der Waals surface area (Å²) < 4.78 is 18.0. The van der Waals surface area contributed by atoms with Gasteiger partial charge in [-0.1, -0.05) is 0 Å². The molecule has 0 bridgehead atoms. The lowest BCUT2D eigenvalue weighted by molar-refractivity contribution is -0.122. The van der Waals surface area contributed by atoms with Crippen LogP contribution >= 0.6 is 0 Å². The van der Waals surface area contributed by atoms with E-state index in [2.05, 4.69) is 5.32 Å². The number of hydrogen-bond acceptors (Lipinski definition) is 2. The fraction of sp³-hybridized carbons (Fsp3) is 0.364. The molecule has 0 saturated heterocycles. The number of amides is 1. The zero-order chi connectivity index (χ0) is 11.3. The second kappa shape index (κ2) is 5.34. The number of aryl methyl sites for hydroxylation is 1. The Bertz CT molecular complexity index is 352. The van der Waals surface area contributed by atoms with Gasteiger partial charge in [-0.15, -0.1) is 0 Å². The van der Waals surface area contributed by atoms with Crippen molar-refractivity contribution >= 4 is 5.91 Å². The van der Waals surface area contributed by atoms with Gasteiger partial charge < -0.3 is 10.1 Å². The summed E-state index contributed by atoms with van der Waals surface area (Å²) in [7, 11) is 0. The standard InChI is InChI=1S/C11H14FNO2/c1-3-13-11(14)7-15-10-5-4-9(12)6-8(10)2/h4-6H,3,7H2,1-2H3,(H,13,14). The fourth-order valence-corrected chi connectivity index (χ4v) is 1.17. The summed E-state index contributed by atoms with van der Waals surface area (Å²) in [6.45, 7) is 4.10. The van der Waals surface area contributed by atoms with E-state index in [1.807, 2.05) is 6.92 Å². The minimum atomic E-state index is -0.308. The molecule has 0 aliphatic heterocycles. The zero-order valence-corrected chi connectivity index (χ0v) is 8.84. The Morgan fingerprint density at radius 1 is 1.53 bits per heavy atom. The predicted molar refractivity (Wildman–Crippen MR) is 55.3 cm³/mol. The number of carbonyl (C=O) groups excluding carboxylic acids is 1. The van der Waals surface area contributed by atoms with E-state index in [4.69, 9.17) is 4.74 Å². The molecule has 0 atom stereocenters. The Hall–Kier alpha value is -1.58. The highest BCUT2D eigenvalue weighted by Crippen LogP contribution is 2.17. The topological polar surface area (TPSA) is 38.3 Å². The highest BCUT2D eigenvalue weighted by molar-refractivity contribution is 5.77. The second-order valence-electron chi connectivity index (χ2n) is 3.15. The summed E-state index contributed by atoms with van der Waals surface area (Å²) in [5.41, 5.74) is 0.680. The average Bonchev–Trinajstić information content (AvgIpc) is 2.17. The van der Waals surface area contributed by atoms with Crippen molar-refractivity contribution in [2.45, 2.75) is 13.8 Å². The largest absolute Gasteiger partial charge is 0.484 e. The molecule has 0 aromatic heterocycles. The van der Waals surface area contributed by atoms with Crippen LogP contribution < -0.4 is 10.1 Å². The Morgan fingerprint density at radius 3 is 2.87 bits per heavy atom. The highest BCUT2D eigenvalue weighted by atomic mass is 19.1. The maximum Gasteiger partial charge on any atom is 0.257 e. The molecule has 1 amide bonds. The molecule has 82 valence electrons. The number of likely N-dealkylation sites (N-methyl/N-ethyl adjacent to an activating group) is 1. The van der Waals surface area contributed by atoms with Crippen LogP contribution in [0, 0.1) is 12.7 Å². The number of rotatable bonds is 4. The van der Waals surface area contributed by atoms with E-state index >= 15 is 0 Å². The SMILES string of the molecule is CCNC(=O)COc1ccc(F)cc1C. The number of hydrogen-bond donors (Lipinski definition) is 1. The van der Waals surface area contributed by atoms with Gasteiger partial charge in [0.05, 0.1) is 0 Å². The van der Waals surface area contributed by atoms with Gasteiger partial charge in [0.25, 0.3) is 5.91 Å². The molecule has 1 aromatic carbocycles. The van der Waals surface area contributed by atoms with Crippen LogP contribution in [0.4, 0.5) is 4.39 Å². The number of nitrogens with one attached hydrogen (secondary N) is 1. The lowest BCUT2D eigenvalue weighted by atomic mass is 10.2. The van der Waals surface area contributed by atoms with Gasteiger partial charge in [-0.3, -0.25) is 4.79 Å². The van der Waals surface area contributed by atoms with E-state index in [0.29, 0.717) is 17.9 Å². The number of ether oxygens (including phenoxy) is 1. The summed E-state index contributed by atoms with van der Waals surface area (Å²) >= 11 is 0. The molecule has 0 unspecified atom stereocenters. The maximum atomic E-state index is 12.7. The average molecular weight is 211 g/mol. The van der Waals surface area contributed by atoms with Gasteiger partial charge in [0.15, 0.2) is 6.61 Å². The van der Waals surface area contributed by atoms with E-state index in [0.717, 1.165) is 0 Å². The molecule has 0 aliphatic rings. The molecule has 3 nitrogen and oxygen atoms in total. The first kappa shape index (κ1) is 11.5. The van der Waals surface area contributed by atoms with Crippen molar-refractivity contribution < 1.29 is 13.9 Å². The van der Waals surface area contributed by atoms with Gasteiger partial charge >= 0.3 is 0 Å². The highest BCUT2D eigenvalue weighted by Gasteiger charge is 2.04. The first-order chi connectivity index (χ1) is 7.13. The van der Waals surface area contributed by atoms with Crippen LogP contribution in [0.5, 0.6) is 5.75 Å². The summed E-state index contributed by atoms with van der Waals surface area (Å²) in [5.74, 6) is 0.0433. The summed E-state index contributed by atoms with van der Waals surface area (Å²) in [5, 5.41) is 2.61. The van der Waals surface area contributed by atoms with Crippen LogP contribution in [0.15, 0.2) is 18.2 Å². The third kappa shape index (κ3) is 3.58. The van der Waals surface area contributed by atoms with Gasteiger partial charge in [-0.05, 0) is 37.6 Å². The number of benzene rings is 1. The van der Waals surface area contributed by atoms with Crippen LogP contribution in [0.3, 0.4) is 0 Å². The molecule has 1 rings (SSSR count). The lowest BCUT2D eigenvalue weighted by Gasteiger charge is -2.08. The Labute approximate surface area is 88.2 Å². The lowest BCUT2D eigenvalue weighted by Crippen LogP contribution is -2.28. The van der Waals surface area contributed by atoms with Crippen molar-refractivity contribution in [3.8, 4) is 5.75 Å². The van der Waals surface area contributed by atoms with E-state index < -0.39 is 0 Å². The maximum absolute atomic E-state index is 12.7. The van der Waals surface area contributed by atoms with Gasteiger partial charge in [0, 0.05) is 6.54 Å². The van der Waals surface area contributed by atoms with Crippen LogP contribution in [0.25, 0.3) is 0 Å². The minimum Gasteiger partial charge on any atom is -0.484 e. The monoisotopic (exact) mass is 211 g/mol. The van der Waals surface area contributed by atoms with Gasteiger partial charge in [0.2, 0.25) is 0 Å². The molecule has 0 spiro atoms.